The van der Waals surface area contributed by atoms with E-state index in [1.54, 1.807) is 6.92 Å². The van der Waals surface area contributed by atoms with Crippen LogP contribution in [0.25, 0.3) is 0 Å². The van der Waals surface area contributed by atoms with Crippen LogP contribution in [0.5, 0.6) is 0 Å². The van der Waals surface area contributed by atoms with Crippen LogP contribution >= 0.6 is 0 Å². The maximum Gasteiger partial charge on any atom is 0.0779 e. The molecular formula is C10H21NO2. The molecule has 0 aliphatic carbocycles. The zero-order valence-electron chi connectivity index (χ0n) is 8.84. The average molecular weight is 187 g/mol. The third-order valence-electron chi connectivity index (χ3n) is 2.82. The lowest BCUT2D eigenvalue weighted by molar-refractivity contribution is 0.0149. The highest BCUT2D eigenvalue weighted by molar-refractivity contribution is 4.84. The summed E-state index contributed by atoms with van der Waals surface area (Å²) >= 11 is 0. The fraction of sp³-hybridized carbons (Fsp3) is 1.00. The minimum atomic E-state index is -0.301. The first-order chi connectivity index (χ1) is 6.03. The lowest BCUT2D eigenvalue weighted by atomic mass is 10.0. The van der Waals surface area contributed by atoms with Crippen molar-refractivity contribution >= 4 is 0 Å². The smallest absolute Gasteiger partial charge is 0.0779 e. The van der Waals surface area contributed by atoms with Gasteiger partial charge in [-0.2, -0.15) is 0 Å². The quantitative estimate of drug-likeness (QED) is 0.687. The van der Waals surface area contributed by atoms with E-state index in [1.807, 2.05) is 6.92 Å². The molecule has 1 aliphatic heterocycles. The van der Waals surface area contributed by atoms with Gasteiger partial charge in [0.1, 0.15) is 0 Å². The van der Waals surface area contributed by atoms with Crippen molar-refractivity contribution in [2.45, 2.75) is 51.4 Å². The van der Waals surface area contributed by atoms with Crippen LogP contribution in [-0.4, -0.2) is 36.0 Å². The van der Waals surface area contributed by atoms with E-state index >= 15 is 0 Å². The van der Waals surface area contributed by atoms with Crippen molar-refractivity contribution in [3.05, 3.63) is 0 Å². The molecule has 0 spiro atoms. The minimum Gasteiger partial charge on any atom is -0.392 e. The number of hydrogen-bond donors (Lipinski definition) is 2. The van der Waals surface area contributed by atoms with Crippen LogP contribution in [-0.2, 0) is 4.74 Å². The highest BCUT2D eigenvalue weighted by Gasteiger charge is 2.29. The normalized spacial score (nSPS) is 33.2. The van der Waals surface area contributed by atoms with E-state index in [4.69, 9.17) is 4.74 Å². The van der Waals surface area contributed by atoms with Crippen molar-refractivity contribution in [3.63, 3.8) is 0 Å². The van der Waals surface area contributed by atoms with Gasteiger partial charge < -0.3 is 15.2 Å². The minimum absolute atomic E-state index is 0.0108. The van der Waals surface area contributed by atoms with Crippen molar-refractivity contribution < 1.29 is 9.84 Å². The SMILES string of the molecule is CC(O)C(C)NCC1(C)CCCO1. The highest BCUT2D eigenvalue weighted by Crippen LogP contribution is 2.24. The van der Waals surface area contributed by atoms with Crippen molar-refractivity contribution in [1.29, 1.82) is 0 Å². The average Bonchev–Trinajstić information content (AvgIpc) is 2.48. The summed E-state index contributed by atoms with van der Waals surface area (Å²) in [6, 6.07) is 0.140. The molecule has 0 saturated carbocycles. The molecule has 1 fully saturated rings. The number of rotatable bonds is 4. The molecule has 0 aromatic carbocycles. The summed E-state index contributed by atoms with van der Waals surface area (Å²) in [6.07, 6.45) is 1.97. The van der Waals surface area contributed by atoms with Gasteiger partial charge in [0.05, 0.1) is 11.7 Å². The van der Waals surface area contributed by atoms with E-state index in [-0.39, 0.29) is 17.7 Å². The zero-order valence-corrected chi connectivity index (χ0v) is 8.84. The lowest BCUT2D eigenvalue weighted by Gasteiger charge is -2.26. The Morgan fingerprint density at radius 2 is 2.23 bits per heavy atom. The summed E-state index contributed by atoms with van der Waals surface area (Å²) in [7, 11) is 0. The molecule has 3 heteroatoms. The van der Waals surface area contributed by atoms with Crippen LogP contribution in [0.4, 0.5) is 0 Å². The van der Waals surface area contributed by atoms with Crippen LogP contribution in [0.15, 0.2) is 0 Å². The van der Waals surface area contributed by atoms with Gasteiger partial charge in [-0.15, -0.1) is 0 Å². The zero-order chi connectivity index (χ0) is 9.90. The van der Waals surface area contributed by atoms with Crippen LogP contribution < -0.4 is 5.32 Å². The van der Waals surface area contributed by atoms with Gasteiger partial charge in [0.25, 0.3) is 0 Å². The van der Waals surface area contributed by atoms with E-state index in [2.05, 4.69) is 12.2 Å². The topological polar surface area (TPSA) is 41.5 Å². The maximum absolute atomic E-state index is 9.28. The number of nitrogens with one attached hydrogen (secondary N) is 1. The van der Waals surface area contributed by atoms with Crippen molar-refractivity contribution in [3.8, 4) is 0 Å². The molecule has 2 N–H and O–H groups in total. The Balaban J connectivity index is 2.24. The van der Waals surface area contributed by atoms with E-state index < -0.39 is 0 Å². The van der Waals surface area contributed by atoms with Gasteiger partial charge in [-0.3, -0.25) is 0 Å². The maximum atomic E-state index is 9.28. The second kappa shape index (κ2) is 4.40. The molecule has 3 unspecified atom stereocenters. The first-order valence-electron chi connectivity index (χ1n) is 5.09. The van der Waals surface area contributed by atoms with Crippen LogP contribution in [0.2, 0.25) is 0 Å². The summed E-state index contributed by atoms with van der Waals surface area (Å²) in [4.78, 5) is 0. The van der Waals surface area contributed by atoms with Crippen molar-refractivity contribution in [1.82, 2.24) is 5.32 Å². The summed E-state index contributed by atoms with van der Waals surface area (Å²) in [5.41, 5.74) is -0.0108. The summed E-state index contributed by atoms with van der Waals surface area (Å²) in [6.45, 7) is 7.63. The molecule has 0 bridgehead atoms. The molecule has 78 valence electrons. The van der Waals surface area contributed by atoms with E-state index in [1.165, 1.54) is 0 Å². The Hall–Kier alpha value is -0.120. The molecule has 1 heterocycles. The van der Waals surface area contributed by atoms with Crippen LogP contribution in [0.1, 0.15) is 33.6 Å². The number of aliphatic hydroxyl groups excluding tert-OH is 1. The van der Waals surface area contributed by atoms with E-state index in [9.17, 15) is 5.11 Å². The molecule has 13 heavy (non-hydrogen) atoms. The van der Waals surface area contributed by atoms with Crippen molar-refractivity contribution in [2.75, 3.05) is 13.2 Å². The largest absolute Gasteiger partial charge is 0.392 e. The second-order valence-corrected chi connectivity index (χ2v) is 4.31. The molecule has 0 radical (unpaired) electrons. The Morgan fingerprint density at radius 3 is 2.69 bits per heavy atom. The van der Waals surface area contributed by atoms with Gasteiger partial charge in [-0.25, -0.2) is 0 Å². The van der Waals surface area contributed by atoms with Gasteiger partial charge in [0.15, 0.2) is 0 Å². The molecule has 1 saturated heterocycles. The molecular weight excluding hydrogens is 166 g/mol. The highest BCUT2D eigenvalue weighted by atomic mass is 16.5. The van der Waals surface area contributed by atoms with Crippen molar-refractivity contribution in [2.24, 2.45) is 0 Å². The first-order valence-corrected chi connectivity index (χ1v) is 5.09. The molecule has 0 amide bonds. The Morgan fingerprint density at radius 1 is 1.54 bits per heavy atom. The van der Waals surface area contributed by atoms with Gasteiger partial charge in [0, 0.05) is 19.2 Å². The molecule has 3 atom stereocenters. The standard InChI is InChI=1S/C10H21NO2/c1-8(9(2)12)11-7-10(3)5-4-6-13-10/h8-9,11-12H,4-7H2,1-3H3. The Bertz CT molecular complexity index is 153. The van der Waals surface area contributed by atoms with Gasteiger partial charge in [0.2, 0.25) is 0 Å². The molecule has 1 rings (SSSR count). The van der Waals surface area contributed by atoms with Gasteiger partial charge >= 0.3 is 0 Å². The van der Waals surface area contributed by atoms with Crippen LogP contribution in [0.3, 0.4) is 0 Å². The molecule has 1 aliphatic rings. The summed E-state index contributed by atoms with van der Waals surface area (Å²) in [5, 5.41) is 12.6. The van der Waals surface area contributed by atoms with E-state index in [0.717, 1.165) is 26.0 Å². The third kappa shape index (κ3) is 3.25. The summed E-state index contributed by atoms with van der Waals surface area (Å²) in [5.74, 6) is 0. The van der Waals surface area contributed by atoms with Gasteiger partial charge in [-0.1, -0.05) is 0 Å². The second-order valence-electron chi connectivity index (χ2n) is 4.31. The lowest BCUT2D eigenvalue weighted by Crippen LogP contribution is -2.44. The van der Waals surface area contributed by atoms with Crippen LogP contribution in [0, 0.1) is 0 Å². The Labute approximate surface area is 80.5 Å². The monoisotopic (exact) mass is 187 g/mol. The Kier molecular flexibility index (Phi) is 3.71. The van der Waals surface area contributed by atoms with Gasteiger partial charge in [-0.05, 0) is 33.6 Å². The molecule has 0 aromatic heterocycles. The first kappa shape index (κ1) is 11.0. The predicted molar refractivity (Wildman–Crippen MR) is 52.7 cm³/mol. The van der Waals surface area contributed by atoms with E-state index in [0.29, 0.717) is 0 Å². The number of ether oxygens (including phenoxy) is 1. The molecule has 3 nitrogen and oxygen atoms in total. The number of hydrogen-bond acceptors (Lipinski definition) is 3. The number of aliphatic hydroxyl groups is 1. The molecule has 0 aromatic rings. The fourth-order valence-electron chi connectivity index (χ4n) is 1.52. The predicted octanol–water partition coefficient (Wildman–Crippen LogP) is 0.914. The summed E-state index contributed by atoms with van der Waals surface area (Å²) < 4.78 is 5.63. The third-order valence-corrected chi connectivity index (χ3v) is 2.82. The fourth-order valence-corrected chi connectivity index (χ4v) is 1.52.